The highest BCUT2D eigenvalue weighted by atomic mass is 35.5. The molecule has 0 fully saturated rings. The Kier molecular flexibility index (Phi) is 5.94. The van der Waals surface area contributed by atoms with Crippen LogP contribution >= 0.6 is 0 Å². The molecule has 2 nitrogen and oxygen atoms in total. The maximum atomic E-state index is 5.64. The minimum Gasteiger partial charge on any atom is -1.00 e. The SMILES string of the molecule is COC[N+](c1ccccc1)(c1ccccc1)c1ccccc1.[Cl-]. The highest BCUT2D eigenvalue weighted by molar-refractivity contribution is 5.70. The van der Waals surface area contributed by atoms with E-state index in [1.165, 1.54) is 17.1 Å². The maximum absolute atomic E-state index is 5.64. The zero-order valence-corrected chi connectivity index (χ0v) is 13.9. The zero-order chi connectivity index (χ0) is 15.3. The second-order valence-electron chi connectivity index (χ2n) is 5.23. The lowest BCUT2D eigenvalue weighted by Crippen LogP contribution is -3.00. The number of para-hydroxylation sites is 3. The quantitative estimate of drug-likeness (QED) is 0.516. The fraction of sp³-hybridized carbons (Fsp3) is 0.100. The summed E-state index contributed by atoms with van der Waals surface area (Å²) >= 11 is 0. The van der Waals surface area contributed by atoms with E-state index in [0.717, 1.165) is 0 Å². The second-order valence-corrected chi connectivity index (χ2v) is 5.23. The van der Waals surface area contributed by atoms with Crippen LogP contribution in [0.4, 0.5) is 17.1 Å². The minimum atomic E-state index is 0. The standard InChI is InChI=1S/C20H20NO.ClH/c1-22-17-21(18-11-5-2-6-12-18,19-13-7-3-8-14-19)20-15-9-4-10-16-20;/h2-16H,17H2,1H3;1H/q+1;/p-1. The van der Waals surface area contributed by atoms with Crippen LogP contribution in [0.25, 0.3) is 0 Å². The van der Waals surface area contributed by atoms with Crippen molar-refractivity contribution >= 4 is 17.1 Å². The third-order valence-corrected chi connectivity index (χ3v) is 3.91. The van der Waals surface area contributed by atoms with Crippen LogP contribution in [0.15, 0.2) is 91.0 Å². The molecule has 0 radical (unpaired) electrons. The van der Waals surface area contributed by atoms with Crippen molar-refractivity contribution in [1.29, 1.82) is 0 Å². The first kappa shape index (κ1) is 17.2. The zero-order valence-electron chi connectivity index (χ0n) is 13.1. The third-order valence-electron chi connectivity index (χ3n) is 3.91. The Morgan fingerprint density at radius 2 is 0.913 bits per heavy atom. The predicted octanol–water partition coefficient (Wildman–Crippen LogP) is 2.27. The highest BCUT2D eigenvalue weighted by Crippen LogP contribution is 2.43. The number of methoxy groups -OCH3 is 1. The van der Waals surface area contributed by atoms with Gasteiger partial charge in [0.25, 0.3) is 0 Å². The number of rotatable bonds is 5. The van der Waals surface area contributed by atoms with Gasteiger partial charge >= 0.3 is 0 Å². The number of quaternary nitrogens is 1. The molecule has 3 aromatic carbocycles. The Hall–Kier alpha value is -2.13. The average Bonchev–Trinajstić information content (AvgIpc) is 2.62. The molecule has 3 rings (SSSR count). The molecule has 0 amide bonds. The molecule has 0 aliphatic heterocycles. The summed E-state index contributed by atoms with van der Waals surface area (Å²) in [7, 11) is 1.75. The molecule has 118 valence electrons. The van der Waals surface area contributed by atoms with Gasteiger partial charge in [-0.2, -0.15) is 0 Å². The van der Waals surface area contributed by atoms with Crippen LogP contribution in [0, 0.1) is 0 Å². The fourth-order valence-electron chi connectivity index (χ4n) is 2.91. The third kappa shape index (κ3) is 3.30. The summed E-state index contributed by atoms with van der Waals surface area (Å²) in [6.45, 7) is 0.540. The Balaban J connectivity index is 0.00000192. The van der Waals surface area contributed by atoms with Crippen molar-refractivity contribution in [2.24, 2.45) is 0 Å². The molecule has 0 heterocycles. The number of hydrogen-bond donors (Lipinski definition) is 0. The first-order valence-corrected chi connectivity index (χ1v) is 7.42. The lowest BCUT2D eigenvalue weighted by Gasteiger charge is -2.36. The highest BCUT2D eigenvalue weighted by Gasteiger charge is 2.35. The molecule has 3 aromatic rings. The second kappa shape index (κ2) is 7.93. The van der Waals surface area contributed by atoms with Gasteiger partial charge in [-0.25, -0.2) is 4.48 Å². The molecule has 0 unspecified atom stereocenters. The van der Waals surface area contributed by atoms with Crippen molar-refractivity contribution in [1.82, 2.24) is 4.48 Å². The molecule has 0 bridgehead atoms. The Labute approximate surface area is 144 Å². The summed E-state index contributed by atoms with van der Waals surface area (Å²) in [6, 6.07) is 31.5. The summed E-state index contributed by atoms with van der Waals surface area (Å²) in [4.78, 5) is 0. The minimum absolute atomic E-state index is 0. The monoisotopic (exact) mass is 325 g/mol. The average molecular weight is 326 g/mol. The largest absolute Gasteiger partial charge is 1.00 e. The van der Waals surface area contributed by atoms with E-state index in [1.54, 1.807) is 7.11 Å². The molecule has 0 saturated heterocycles. The van der Waals surface area contributed by atoms with Crippen LogP contribution in [0.1, 0.15) is 0 Å². The van der Waals surface area contributed by atoms with Crippen molar-refractivity contribution < 1.29 is 17.1 Å². The number of hydrogen-bond acceptors (Lipinski definition) is 1. The van der Waals surface area contributed by atoms with Gasteiger partial charge in [0.2, 0.25) is 0 Å². The number of nitrogens with zero attached hydrogens (tertiary/aromatic N) is 1. The van der Waals surface area contributed by atoms with Crippen LogP contribution in [0.2, 0.25) is 0 Å². The topological polar surface area (TPSA) is 9.23 Å². The van der Waals surface area contributed by atoms with Gasteiger partial charge < -0.3 is 17.1 Å². The van der Waals surface area contributed by atoms with Crippen LogP contribution in [0.5, 0.6) is 0 Å². The van der Waals surface area contributed by atoms with Gasteiger partial charge in [0.15, 0.2) is 6.73 Å². The first-order chi connectivity index (χ1) is 10.9. The summed E-state index contributed by atoms with van der Waals surface area (Å²) in [6.07, 6.45) is 0. The van der Waals surface area contributed by atoms with E-state index in [1.807, 2.05) is 18.2 Å². The number of halogens is 1. The maximum Gasteiger partial charge on any atom is 0.196 e. The Morgan fingerprint density at radius 1 is 0.609 bits per heavy atom. The number of ether oxygens (including phenoxy) is 1. The van der Waals surface area contributed by atoms with Gasteiger partial charge in [-0.3, -0.25) is 0 Å². The van der Waals surface area contributed by atoms with Gasteiger partial charge in [0, 0.05) is 43.5 Å². The lowest BCUT2D eigenvalue weighted by atomic mass is 10.1. The van der Waals surface area contributed by atoms with E-state index in [9.17, 15) is 0 Å². The molecular weight excluding hydrogens is 306 g/mol. The molecule has 0 saturated carbocycles. The Morgan fingerprint density at radius 3 is 1.17 bits per heavy atom. The van der Waals surface area contributed by atoms with Crippen molar-refractivity contribution in [3.05, 3.63) is 91.0 Å². The molecule has 0 atom stereocenters. The number of benzene rings is 3. The Bertz CT molecular complexity index is 605. The summed E-state index contributed by atoms with van der Waals surface area (Å²) < 4.78 is 6.18. The van der Waals surface area contributed by atoms with Crippen LogP contribution in [0.3, 0.4) is 0 Å². The van der Waals surface area contributed by atoms with Crippen molar-refractivity contribution in [2.75, 3.05) is 13.8 Å². The van der Waals surface area contributed by atoms with E-state index in [0.29, 0.717) is 11.2 Å². The van der Waals surface area contributed by atoms with E-state index < -0.39 is 0 Å². The molecule has 3 heteroatoms. The van der Waals surface area contributed by atoms with E-state index in [4.69, 9.17) is 4.74 Å². The first-order valence-electron chi connectivity index (χ1n) is 7.42. The smallest absolute Gasteiger partial charge is 0.196 e. The molecule has 23 heavy (non-hydrogen) atoms. The van der Waals surface area contributed by atoms with Gasteiger partial charge in [-0.15, -0.1) is 0 Å². The molecule has 0 aliphatic rings. The lowest BCUT2D eigenvalue weighted by molar-refractivity contribution is -0.00000478. The summed E-state index contributed by atoms with van der Waals surface area (Å²) in [5.74, 6) is 0. The normalized spacial score (nSPS) is 10.8. The van der Waals surface area contributed by atoms with Crippen LogP contribution in [-0.4, -0.2) is 13.8 Å². The molecule has 0 N–H and O–H groups in total. The fourth-order valence-corrected chi connectivity index (χ4v) is 2.91. The van der Waals surface area contributed by atoms with Crippen LogP contribution < -0.4 is 16.9 Å². The van der Waals surface area contributed by atoms with Crippen molar-refractivity contribution in [3.8, 4) is 0 Å². The summed E-state index contributed by atoms with van der Waals surface area (Å²) in [5, 5.41) is 0. The van der Waals surface area contributed by atoms with Gasteiger partial charge in [-0.1, -0.05) is 54.6 Å². The summed E-state index contributed by atoms with van der Waals surface area (Å²) in [5.41, 5.74) is 3.55. The van der Waals surface area contributed by atoms with Crippen molar-refractivity contribution in [2.45, 2.75) is 0 Å². The van der Waals surface area contributed by atoms with Crippen molar-refractivity contribution in [3.63, 3.8) is 0 Å². The molecular formula is C20H20ClNO. The molecule has 0 spiro atoms. The van der Waals surface area contributed by atoms with E-state index in [2.05, 4.69) is 72.8 Å². The van der Waals surface area contributed by atoms with Gasteiger partial charge in [0.05, 0.1) is 0 Å². The predicted molar refractivity (Wildman–Crippen MR) is 92.3 cm³/mol. The van der Waals surface area contributed by atoms with E-state index >= 15 is 0 Å². The molecule has 0 aromatic heterocycles. The van der Waals surface area contributed by atoms with E-state index in [-0.39, 0.29) is 12.4 Å². The van der Waals surface area contributed by atoms with Gasteiger partial charge in [0.1, 0.15) is 17.1 Å². The van der Waals surface area contributed by atoms with Crippen LogP contribution in [-0.2, 0) is 4.74 Å². The van der Waals surface area contributed by atoms with Gasteiger partial charge in [-0.05, 0) is 0 Å². The molecule has 0 aliphatic carbocycles.